The maximum Gasteiger partial charge on any atom is 0.357 e. The monoisotopic (exact) mass is 415 g/mol. The van der Waals surface area contributed by atoms with Gasteiger partial charge < -0.3 is 26.4 Å². The van der Waals surface area contributed by atoms with Crippen LogP contribution in [0.5, 0.6) is 0 Å². The smallest absolute Gasteiger partial charge is 0.357 e. The summed E-state index contributed by atoms with van der Waals surface area (Å²) in [5.74, 6) is -3.41. The number of thiazole rings is 1. The zero-order valence-electron chi connectivity index (χ0n) is 13.3. The van der Waals surface area contributed by atoms with Gasteiger partial charge in [0.1, 0.15) is 17.4 Å². The SMILES string of the molecule is NC(N)=NCC(=O)Nc1ccc(N(c2scnc2C(=O)O)S(=O)[O-])cc1F. The average molecular weight is 415 g/mol. The first-order chi connectivity index (χ1) is 12.7. The average Bonchev–Trinajstić information content (AvgIpc) is 3.04. The molecule has 1 atom stereocenters. The van der Waals surface area contributed by atoms with E-state index in [-0.39, 0.29) is 22.3 Å². The molecule has 0 spiro atoms. The second-order valence-corrected chi connectivity index (χ2v) is 6.41. The standard InChI is InChI=1S/C13H13FN6O5S2/c14-7-3-6(1-2-8(7)19-9(21)4-17-13(15)16)20(27(24)25)11-10(12(22)23)18-5-26-11/h1-3,5H,4H2,(H,19,21)(H,22,23)(H,24,25)(H4,15,16,17)/p-1. The summed E-state index contributed by atoms with van der Waals surface area (Å²) in [6.07, 6.45) is 0. The molecule has 11 nitrogen and oxygen atoms in total. The maximum atomic E-state index is 14.3. The van der Waals surface area contributed by atoms with E-state index in [0.29, 0.717) is 4.31 Å². The van der Waals surface area contributed by atoms with Crippen molar-refractivity contribution in [2.75, 3.05) is 16.2 Å². The summed E-state index contributed by atoms with van der Waals surface area (Å²) in [7, 11) is 0. The highest BCUT2D eigenvalue weighted by atomic mass is 32.2. The molecule has 0 radical (unpaired) electrons. The lowest BCUT2D eigenvalue weighted by molar-refractivity contribution is -0.114. The number of anilines is 3. The fourth-order valence-corrected chi connectivity index (χ4v) is 3.42. The lowest BCUT2D eigenvalue weighted by atomic mass is 10.2. The minimum atomic E-state index is -2.95. The molecule has 0 saturated carbocycles. The van der Waals surface area contributed by atoms with Crippen molar-refractivity contribution in [3.63, 3.8) is 0 Å². The van der Waals surface area contributed by atoms with Crippen molar-refractivity contribution in [2.24, 2.45) is 16.5 Å². The summed E-state index contributed by atoms with van der Waals surface area (Å²) in [4.78, 5) is 29.8. The number of nitrogens with one attached hydrogen (secondary N) is 1. The fraction of sp³-hybridized carbons (Fsp3) is 0.0769. The molecule has 14 heteroatoms. The molecule has 1 aromatic heterocycles. The molecule has 0 bridgehead atoms. The van der Waals surface area contributed by atoms with Crippen LogP contribution < -0.4 is 21.1 Å². The number of rotatable bonds is 7. The Hall–Kier alpha value is -3.10. The molecule has 1 amide bonds. The molecule has 0 aliphatic heterocycles. The van der Waals surface area contributed by atoms with Crippen molar-refractivity contribution in [3.8, 4) is 0 Å². The van der Waals surface area contributed by atoms with E-state index in [0.717, 1.165) is 29.0 Å². The molecule has 0 fully saturated rings. The summed E-state index contributed by atoms with van der Waals surface area (Å²) in [5, 5.41) is 11.1. The van der Waals surface area contributed by atoms with Gasteiger partial charge in [-0.3, -0.25) is 13.3 Å². The number of carboxylic acid groups (broad SMARTS) is 1. The number of guanidine groups is 1. The van der Waals surface area contributed by atoms with Crippen molar-refractivity contribution >= 4 is 56.8 Å². The van der Waals surface area contributed by atoms with Crippen LogP contribution in [-0.4, -0.2) is 43.2 Å². The summed E-state index contributed by atoms with van der Waals surface area (Å²) >= 11 is -2.20. The van der Waals surface area contributed by atoms with E-state index in [1.165, 1.54) is 6.07 Å². The Morgan fingerprint density at radius 1 is 1.44 bits per heavy atom. The Bertz CT molecular complexity index is 930. The van der Waals surface area contributed by atoms with Gasteiger partial charge in [-0.15, -0.1) is 11.3 Å². The lowest BCUT2D eigenvalue weighted by Crippen LogP contribution is -2.25. The largest absolute Gasteiger partial charge is 0.755 e. The van der Waals surface area contributed by atoms with Crippen molar-refractivity contribution in [1.29, 1.82) is 0 Å². The number of benzene rings is 1. The highest BCUT2D eigenvalue weighted by Crippen LogP contribution is 2.34. The van der Waals surface area contributed by atoms with Gasteiger partial charge in [0.25, 0.3) is 0 Å². The first-order valence-electron chi connectivity index (χ1n) is 6.91. The molecule has 1 aromatic carbocycles. The number of carbonyl (C=O) groups is 2. The van der Waals surface area contributed by atoms with Gasteiger partial charge in [0, 0.05) is 6.07 Å². The first kappa shape index (κ1) is 20.2. The van der Waals surface area contributed by atoms with Gasteiger partial charge in [0.15, 0.2) is 11.7 Å². The van der Waals surface area contributed by atoms with E-state index >= 15 is 0 Å². The second-order valence-electron chi connectivity index (χ2n) is 4.78. The Morgan fingerprint density at radius 2 is 2.15 bits per heavy atom. The summed E-state index contributed by atoms with van der Waals surface area (Å²) in [6.45, 7) is -0.428. The van der Waals surface area contributed by atoms with Crippen LogP contribution in [0, 0.1) is 5.82 Å². The fourth-order valence-electron chi connectivity index (χ4n) is 1.89. The Balaban J connectivity index is 2.32. The highest BCUT2D eigenvalue weighted by molar-refractivity contribution is 7.81. The van der Waals surface area contributed by atoms with Crippen LogP contribution in [0.2, 0.25) is 0 Å². The van der Waals surface area contributed by atoms with Crippen LogP contribution in [0.3, 0.4) is 0 Å². The third-order valence-electron chi connectivity index (χ3n) is 2.95. The third kappa shape index (κ3) is 4.96. The molecule has 1 heterocycles. The number of carboxylic acids is 1. The molecular formula is C13H12FN6O5S2-. The molecular weight excluding hydrogens is 403 g/mol. The maximum absolute atomic E-state index is 14.3. The topological polar surface area (TPSA) is 187 Å². The normalized spacial score (nSPS) is 11.5. The van der Waals surface area contributed by atoms with Crippen molar-refractivity contribution in [2.45, 2.75) is 0 Å². The number of nitrogens with two attached hydrogens (primary N) is 2. The minimum Gasteiger partial charge on any atom is -0.755 e. The van der Waals surface area contributed by atoms with E-state index in [2.05, 4.69) is 15.3 Å². The van der Waals surface area contributed by atoms with Crippen molar-refractivity contribution in [3.05, 3.63) is 35.2 Å². The molecule has 2 aromatic rings. The van der Waals surface area contributed by atoms with Gasteiger partial charge >= 0.3 is 5.97 Å². The number of hydrogen-bond donors (Lipinski definition) is 4. The van der Waals surface area contributed by atoms with Crippen LogP contribution in [0.15, 0.2) is 28.7 Å². The highest BCUT2D eigenvalue weighted by Gasteiger charge is 2.22. The number of aromatic carboxylic acids is 1. The zero-order valence-corrected chi connectivity index (χ0v) is 14.9. The number of amides is 1. The van der Waals surface area contributed by atoms with Crippen LogP contribution in [0.1, 0.15) is 10.5 Å². The van der Waals surface area contributed by atoms with Crippen molar-refractivity contribution < 1.29 is 27.8 Å². The van der Waals surface area contributed by atoms with E-state index < -0.39 is 41.2 Å². The predicted octanol–water partition coefficient (Wildman–Crippen LogP) is 0.124. The Morgan fingerprint density at radius 3 is 2.70 bits per heavy atom. The van der Waals surface area contributed by atoms with Gasteiger partial charge in [-0.2, -0.15) is 0 Å². The molecule has 0 saturated heterocycles. The van der Waals surface area contributed by atoms with Crippen LogP contribution in [0.4, 0.5) is 20.8 Å². The molecule has 6 N–H and O–H groups in total. The lowest BCUT2D eigenvalue weighted by Gasteiger charge is -2.25. The zero-order chi connectivity index (χ0) is 20.1. The predicted molar refractivity (Wildman–Crippen MR) is 95.8 cm³/mol. The van der Waals surface area contributed by atoms with E-state index in [9.17, 15) is 22.7 Å². The second kappa shape index (κ2) is 8.52. The number of nitrogens with zero attached hydrogens (tertiary/aromatic N) is 3. The first-order valence-corrected chi connectivity index (χ1v) is 8.83. The molecule has 144 valence electrons. The van der Waals surface area contributed by atoms with E-state index in [4.69, 9.17) is 16.6 Å². The third-order valence-corrected chi connectivity index (χ3v) is 4.57. The Kier molecular flexibility index (Phi) is 6.38. The molecule has 2 rings (SSSR count). The molecule has 1 unspecified atom stereocenters. The van der Waals surface area contributed by atoms with Crippen LogP contribution >= 0.6 is 11.3 Å². The van der Waals surface area contributed by atoms with E-state index in [1.54, 1.807) is 0 Å². The number of aliphatic imine (C=N–C) groups is 1. The minimum absolute atomic E-state index is 0.185. The molecule has 0 aliphatic rings. The number of hydrogen-bond acceptors (Lipinski definition) is 7. The van der Waals surface area contributed by atoms with Crippen molar-refractivity contribution in [1.82, 2.24) is 4.98 Å². The van der Waals surface area contributed by atoms with E-state index in [1.807, 2.05) is 0 Å². The van der Waals surface area contributed by atoms with Gasteiger partial charge in [0.2, 0.25) is 5.91 Å². The van der Waals surface area contributed by atoms with Crippen LogP contribution in [-0.2, 0) is 16.1 Å². The molecule has 27 heavy (non-hydrogen) atoms. The number of carbonyl (C=O) groups excluding carboxylic acids is 1. The van der Waals surface area contributed by atoms with Gasteiger partial charge in [-0.25, -0.2) is 19.2 Å². The quantitative estimate of drug-likeness (QED) is 0.279. The van der Waals surface area contributed by atoms with Gasteiger partial charge in [0.05, 0.1) is 28.2 Å². The van der Waals surface area contributed by atoms with Gasteiger partial charge in [-0.05, 0) is 12.1 Å². The van der Waals surface area contributed by atoms with Crippen LogP contribution in [0.25, 0.3) is 0 Å². The number of aromatic nitrogens is 1. The summed E-state index contributed by atoms with van der Waals surface area (Å²) < 4.78 is 38.0. The molecule has 0 aliphatic carbocycles. The summed E-state index contributed by atoms with van der Waals surface area (Å²) in [6, 6.07) is 3.11. The Labute approximate surface area is 157 Å². The summed E-state index contributed by atoms with van der Waals surface area (Å²) in [5.41, 5.74) is 10.4. The van der Waals surface area contributed by atoms with Gasteiger partial charge in [-0.1, -0.05) is 0 Å². The number of halogens is 1.